The maximum atomic E-state index is 10.7. The van der Waals surface area contributed by atoms with Gasteiger partial charge in [-0.05, 0) is 20.0 Å². The largest absolute Gasteiger partial charge is 0.481 e. The second-order valence-corrected chi connectivity index (χ2v) is 4.07. The van der Waals surface area contributed by atoms with Crippen molar-refractivity contribution in [2.24, 2.45) is 5.92 Å². The number of carboxylic acid groups (broad SMARTS) is 1. The minimum absolute atomic E-state index is 0.344. The fourth-order valence-corrected chi connectivity index (χ4v) is 1.67. The lowest BCUT2D eigenvalue weighted by molar-refractivity contribution is -0.141. The van der Waals surface area contributed by atoms with Crippen LogP contribution >= 0.6 is 0 Å². The number of aromatic nitrogens is 2. The van der Waals surface area contributed by atoms with E-state index in [4.69, 9.17) is 5.11 Å². The standard InChI is InChI=1S/C11H19N3O2/c1-4-14-10(5-6-12-14)8-13(3)7-9(2)11(15)16/h5-6,9H,4,7-8H2,1-3H3,(H,15,16). The lowest BCUT2D eigenvalue weighted by Crippen LogP contribution is -2.29. The van der Waals surface area contributed by atoms with Crippen LogP contribution in [-0.4, -0.2) is 39.3 Å². The van der Waals surface area contributed by atoms with Gasteiger partial charge < -0.3 is 5.11 Å². The molecule has 1 heterocycles. The topological polar surface area (TPSA) is 58.4 Å². The van der Waals surface area contributed by atoms with Gasteiger partial charge in [0.2, 0.25) is 0 Å². The molecule has 0 radical (unpaired) electrons. The molecule has 90 valence electrons. The first-order chi connectivity index (χ1) is 7.54. The Bertz CT molecular complexity index is 349. The Morgan fingerprint density at radius 2 is 2.38 bits per heavy atom. The maximum Gasteiger partial charge on any atom is 0.307 e. The van der Waals surface area contributed by atoms with Crippen LogP contribution in [0.15, 0.2) is 12.3 Å². The number of carboxylic acids is 1. The van der Waals surface area contributed by atoms with Crippen LogP contribution in [0.4, 0.5) is 0 Å². The molecule has 0 saturated heterocycles. The molecule has 1 aromatic rings. The van der Waals surface area contributed by atoms with E-state index in [1.165, 1.54) is 0 Å². The Balaban J connectivity index is 2.51. The van der Waals surface area contributed by atoms with Crippen LogP contribution in [0.3, 0.4) is 0 Å². The van der Waals surface area contributed by atoms with Gasteiger partial charge in [-0.2, -0.15) is 5.10 Å². The number of carbonyl (C=O) groups is 1. The van der Waals surface area contributed by atoms with Crippen molar-refractivity contribution in [3.63, 3.8) is 0 Å². The molecule has 1 N–H and O–H groups in total. The smallest absolute Gasteiger partial charge is 0.307 e. The third-order valence-electron chi connectivity index (χ3n) is 2.54. The Morgan fingerprint density at radius 1 is 1.69 bits per heavy atom. The molecule has 0 aliphatic carbocycles. The van der Waals surface area contributed by atoms with Gasteiger partial charge >= 0.3 is 5.97 Å². The van der Waals surface area contributed by atoms with Crippen LogP contribution in [0.1, 0.15) is 19.5 Å². The van der Waals surface area contributed by atoms with Crippen molar-refractivity contribution in [2.45, 2.75) is 26.9 Å². The number of hydrogen-bond acceptors (Lipinski definition) is 3. The Morgan fingerprint density at radius 3 is 2.94 bits per heavy atom. The fraction of sp³-hybridized carbons (Fsp3) is 0.636. The highest BCUT2D eigenvalue weighted by atomic mass is 16.4. The van der Waals surface area contributed by atoms with Gasteiger partial charge in [0.1, 0.15) is 0 Å². The summed E-state index contributed by atoms with van der Waals surface area (Å²) in [6, 6.07) is 1.96. The highest BCUT2D eigenvalue weighted by molar-refractivity contribution is 5.69. The first-order valence-corrected chi connectivity index (χ1v) is 5.46. The van der Waals surface area contributed by atoms with E-state index in [9.17, 15) is 4.79 Å². The maximum absolute atomic E-state index is 10.7. The Labute approximate surface area is 95.7 Å². The zero-order chi connectivity index (χ0) is 12.1. The zero-order valence-electron chi connectivity index (χ0n) is 10.1. The first kappa shape index (κ1) is 12.7. The molecular formula is C11H19N3O2. The second kappa shape index (κ2) is 5.65. The minimum Gasteiger partial charge on any atom is -0.481 e. The van der Waals surface area contributed by atoms with Crippen molar-refractivity contribution in [2.75, 3.05) is 13.6 Å². The molecule has 5 heteroatoms. The van der Waals surface area contributed by atoms with E-state index < -0.39 is 5.97 Å². The van der Waals surface area contributed by atoms with Gasteiger partial charge in [-0.15, -0.1) is 0 Å². The lowest BCUT2D eigenvalue weighted by Gasteiger charge is -2.19. The molecule has 0 fully saturated rings. The summed E-state index contributed by atoms with van der Waals surface area (Å²) in [5.74, 6) is -1.10. The zero-order valence-corrected chi connectivity index (χ0v) is 10.1. The summed E-state index contributed by atoms with van der Waals surface area (Å²) >= 11 is 0. The average Bonchev–Trinajstić information content (AvgIpc) is 2.64. The third kappa shape index (κ3) is 3.34. The van der Waals surface area contributed by atoms with E-state index in [0.29, 0.717) is 6.54 Å². The van der Waals surface area contributed by atoms with Gasteiger partial charge in [-0.25, -0.2) is 0 Å². The molecule has 5 nitrogen and oxygen atoms in total. The number of hydrogen-bond donors (Lipinski definition) is 1. The van der Waals surface area contributed by atoms with Crippen LogP contribution in [0.2, 0.25) is 0 Å². The van der Waals surface area contributed by atoms with Gasteiger partial charge in [0, 0.05) is 25.8 Å². The van der Waals surface area contributed by atoms with Crippen molar-refractivity contribution in [1.29, 1.82) is 0 Å². The fourth-order valence-electron chi connectivity index (χ4n) is 1.67. The number of aliphatic carboxylic acids is 1. The Hall–Kier alpha value is -1.36. The highest BCUT2D eigenvalue weighted by Crippen LogP contribution is 2.05. The predicted octanol–water partition coefficient (Wildman–Crippen LogP) is 1.06. The average molecular weight is 225 g/mol. The summed E-state index contributed by atoms with van der Waals surface area (Å²) in [4.78, 5) is 12.7. The van der Waals surface area contributed by atoms with Crippen molar-refractivity contribution < 1.29 is 9.90 Å². The molecule has 1 aromatic heterocycles. The molecule has 0 saturated carbocycles. The first-order valence-electron chi connectivity index (χ1n) is 5.46. The van der Waals surface area contributed by atoms with Gasteiger partial charge in [0.05, 0.1) is 11.6 Å². The lowest BCUT2D eigenvalue weighted by atomic mass is 10.2. The molecule has 0 aromatic carbocycles. The summed E-state index contributed by atoms with van der Waals surface area (Å²) in [6.07, 6.45) is 1.77. The van der Waals surface area contributed by atoms with E-state index in [-0.39, 0.29) is 5.92 Å². The van der Waals surface area contributed by atoms with Crippen molar-refractivity contribution in [3.05, 3.63) is 18.0 Å². The molecule has 0 bridgehead atoms. The molecular weight excluding hydrogens is 206 g/mol. The molecule has 1 atom stereocenters. The monoisotopic (exact) mass is 225 g/mol. The number of rotatable bonds is 6. The van der Waals surface area contributed by atoms with E-state index >= 15 is 0 Å². The van der Waals surface area contributed by atoms with Gasteiger partial charge in [0.15, 0.2) is 0 Å². The van der Waals surface area contributed by atoms with Crippen molar-refractivity contribution in [3.8, 4) is 0 Å². The number of aryl methyl sites for hydroxylation is 1. The molecule has 0 aliphatic heterocycles. The van der Waals surface area contributed by atoms with Gasteiger partial charge in [0.25, 0.3) is 0 Å². The Kier molecular flexibility index (Phi) is 4.49. The molecule has 0 amide bonds. The summed E-state index contributed by atoms with van der Waals surface area (Å²) in [7, 11) is 1.92. The minimum atomic E-state index is -0.754. The summed E-state index contributed by atoms with van der Waals surface area (Å²) in [6.45, 7) is 5.87. The molecule has 0 spiro atoms. The van der Waals surface area contributed by atoms with Gasteiger partial charge in [-0.3, -0.25) is 14.4 Å². The van der Waals surface area contributed by atoms with E-state index in [2.05, 4.69) is 5.10 Å². The van der Waals surface area contributed by atoms with E-state index in [1.807, 2.05) is 29.6 Å². The number of nitrogens with zero attached hydrogens (tertiary/aromatic N) is 3. The van der Waals surface area contributed by atoms with E-state index in [0.717, 1.165) is 18.8 Å². The van der Waals surface area contributed by atoms with E-state index in [1.54, 1.807) is 13.1 Å². The second-order valence-electron chi connectivity index (χ2n) is 4.07. The van der Waals surface area contributed by atoms with Crippen LogP contribution in [0, 0.1) is 5.92 Å². The molecule has 1 rings (SSSR count). The normalized spacial score (nSPS) is 13.0. The predicted molar refractivity (Wildman–Crippen MR) is 61.0 cm³/mol. The van der Waals surface area contributed by atoms with Crippen LogP contribution in [0.25, 0.3) is 0 Å². The quantitative estimate of drug-likeness (QED) is 0.786. The van der Waals surface area contributed by atoms with Crippen LogP contribution in [-0.2, 0) is 17.9 Å². The molecule has 0 aliphatic rings. The molecule has 1 unspecified atom stereocenters. The van der Waals surface area contributed by atoms with Crippen molar-refractivity contribution >= 4 is 5.97 Å². The summed E-state index contributed by atoms with van der Waals surface area (Å²) < 4.78 is 1.92. The van der Waals surface area contributed by atoms with Crippen LogP contribution in [0.5, 0.6) is 0 Å². The van der Waals surface area contributed by atoms with Crippen molar-refractivity contribution in [1.82, 2.24) is 14.7 Å². The van der Waals surface area contributed by atoms with Crippen LogP contribution < -0.4 is 0 Å². The summed E-state index contributed by atoms with van der Waals surface area (Å²) in [5, 5.41) is 13.0. The summed E-state index contributed by atoms with van der Waals surface area (Å²) in [5.41, 5.74) is 1.11. The highest BCUT2D eigenvalue weighted by Gasteiger charge is 2.14. The van der Waals surface area contributed by atoms with Gasteiger partial charge in [-0.1, -0.05) is 6.92 Å². The third-order valence-corrected chi connectivity index (χ3v) is 2.54. The molecule has 16 heavy (non-hydrogen) atoms. The SMILES string of the molecule is CCn1nccc1CN(C)CC(C)C(=O)O.